The van der Waals surface area contributed by atoms with Gasteiger partial charge in [0.05, 0.1) is 11.5 Å². The third-order valence-electron chi connectivity index (χ3n) is 1.81. The van der Waals surface area contributed by atoms with Crippen LogP contribution in [0.25, 0.3) is 5.57 Å². The lowest BCUT2D eigenvalue weighted by Gasteiger charge is -2.03. The van der Waals surface area contributed by atoms with Gasteiger partial charge in [-0.15, -0.1) is 0 Å². The van der Waals surface area contributed by atoms with E-state index in [4.69, 9.17) is 4.74 Å². The summed E-state index contributed by atoms with van der Waals surface area (Å²) in [5, 5.41) is 10.4. The molecule has 5 nitrogen and oxygen atoms in total. The molecule has 0 saturated heterocycles. The van der Waals surface area contributed by atoms with Gasteiger partial charge in [-0.05, 0) is 12.5 Å². The highest BCUT2D eigenvalue weighted by molar-refractivity contribution is 6.16. The Balaban J connectivity index is 3.07. The first-order valence-corrected chi connectivity index (χ1v) is 4.73. The maximum absolute atomic E-state index is 11.5. The van der Waals surface area contributed by atoms with Crippen molar-refractivity contribution in [3.8, 4) is 0 Å². The van der Waals surface area contributed by atoms with Crippen LogP contribution in [0.3, 0.4) is 0 Å². The largest absolute Gasteiger partial charge is 0.462 e. The average molecular weight is 221 g/mol. The van der Waals surface area contributed by atoms with Crippen LogP contribution in [0.2, 0.25) is 0 Å². The quantitative estimate of drug-likeness (QED) is 0.337. The molecular formula is C11H11NO4. The molecule has 0 aliphatic heterocycles. The lowest BCUT2D eigenvalue weighted by molar-refractivity contribution is -0.401. The Morgan fingerprint density at radius 3 is 2.56 bits per heavy atom. The number of carbonyl (C=O) groups excluding carboxylic acids is 1. The summed E-state index contributed by atoms with van der Waals surface area (Å²) in [5.74, 6) is -0.689. The normalized spacial score (nSPS) is 10.9. The van der Waals surface area contributed by atoms with E-state index in [0.717, 1.165) is 0 Å². The number of rotatable bonds is 4. The van der Waals surface area contributed by atoms with E-state index in [0.29, 0.717) is 11.8 Å². The first kappa shape index (κ1) is 11.9. The second kappa shape index (κ2) is 5.65. The molecule has 0 N–H and O–H groups in total. The van der Waals surface area contributed by atoms with Crippen LogP contribution in [0.4, 0.5) is 0 Å². The van der Waals surface area contributed by atoms with E-state index in [1.165, 1.54) is 0 Å². The number of hydrogen-bond donors (Lipinski definition) is 0. The van der Waals surface area contributed by atoms with E-state index in [9.17, 15) is 14.9 Å². The topological polar surface area (TPSA) is 69.4 Å². The summed E-state index contributed by atoms with van der Waals surface area (Å²) in [6.07, 6.45) is 0.660. The fourth-order valence-electron chi connectivity index (χ4n) is 1.18. The van der Waals surface area contributed by atoms with E-state index in [2.05, 4.69) is 0 Å². The maximum atomic E-state index is 11.5. The van der Waals surface area contributed by atoms with Crippen molar-refractivity contribution in [1.29, 1.82) is 0 Å². The lowest BCUT2D eigenvalue weighted by atomic mass is 10.1. The Bertz CT molecular complexity index is 411. The summed E-state index contributed by atoms with van der Waals surface area (Å²) >= 11 is 0. The monoisotopic (exact) mass is 221 g/mol. The molecule has 1 aromatic rings. The van der Waals surface area contributed by atoms with Gasteiger partial charge < -0.3 is 4.74 Å². The standard InChI is InChI=1S/C11H11NO4/c1-2-16-11(13)10(8-12(14)15)9-6-4-3-5-7-9/h3-8H,2H2,1H3/b10-8-. The average Bonchev–Trinajstić information content (AvgIpc) is 2.27. The van der Waals surface area contributed by atoms with Crippen molar-refractivity contribution in [3.63, 3.8) is 0 Å². The second-order valence-corrected chi connectivity index (χ2v) is 2.91. The van der Waals surface area contributed by atoms with Crippen molar-refractivity contribution < 1.29 is 14.5 Å². The van der Waals surface area contributed by atoms with Crippen LogP contribution in [-0.2, 0) is 9.53 Å². The summed E-state index contributed by atoms with van der Waals surface area (Å²) < 4.78 is 4.75. The van der Waals surface area contributed by atoms with Gasteiger partial charge in [0, 0.05) is 0 Å². The van der Waals surface area contributed by atoms with Crippen LogP contribution < -0.4 is 0 Å². The van der Waals surface area contributed by atoms with Crippen LogP contribution in [0, 0.1) is 10.1 Å². The Labute approximate surface area is 92.5 Å². The highest BCUT2D eigenvalue weighted by atomic mass is 16.6. The van der Waals surface area contributed by atoms with Crippen molar-refractivity contribution in [3.05, 3.63) is 52.2 Å². The Kier molecular flexibility index (Phi) is 4.20. The second-order valence-electron chi connectivity index (χ2n) is 2.91. The summed E-state index contributed by atoms with van der Waals surface area (Å²) in [6, 6.07) is 8.39. The fraction of sp³-hybridized carbons (Fsp3) is 0.182. The molecule has 5 heteroatoms. The van der Waals surface area contributed by atoms with E-state index in [1.807, 2.05) is 0 Å². The van der Waals surface area contributed by atoms with Crippen molar-refractivity contribution in [2.75, 3.05) is 6.61 Å². The number of hydrogen-bond acceptors (Lipinski definition) is 4. The van der Waals surface area contributed by atoms with Gasteiger partial charge in [-0.25, -0.2) is 4.79 Å². The van der Waals surface area contributed by atoms with Gasteiger partial charge in [-0.3, -0.25) is 10.1 Å². The minimum Gasteiger partial charge on any atom is -0.462 e. The van der Waals surface area contributed by atoms with Crippen molar-refractivity contribution in [1.82, 2.24) is 0 Å². The van der Waals surface area contributed by atoms with E-state index in [1.54, 1.807) is 37.3 Å². The summed E-state index contributed by atoms with van der Waals surface area (Å²) in [4.78, 5) is 21.2. The first-order chi connectivity index (χ1) is 7.65. The molecule has 0 atom stereocenters. The molecular weight excluding hydrogens is 210 g/mol. The molecule has 0 saturated carbocycles. The van der Waals surface area contributed by atoms with Gasteiger partial charge in [0.15, 0.2) is 0 Å². The minimum absolute atomic E-state index is 0.0487. The summed E-state index contributed by atoms with van der Waals surface area (Å²) in [5.41, 5.74) is 0.421. The molecule has 0 bridgehead atoms. The third kappa shape index (κ3) is 3.20. The van der Waals surface area contributed by atoms with E-state index >= 15 is 0 Å². The number of nitro groups is 1. The molecule has 0 radical (unpaired) electrons. The lowest BCUT2D eigenvalue weighted by Crippen LogP contribution is -2.08. The number of benzene rings is 1. The van der Waals surface area contributed by atoms with Gasteiger partial charge in [0.25, 0.3) is 0 Å². The molecule has 0 aliphatic carbocycles. The molecule has 16 heavy (non-hydrogen) atoms. The first-order valence-electron chi connectivity index (χ1n) is 4.73. The maximum Gasteiger partial charge on any atom is 0.345 e. The van der Waals surface area contributed by atoms with Gasteiger partial charge in [0.2, 0.25) is 6.20 Å². The van der Waals surface area contributed by atoms with Gasteiger partial charge >= 0.3 is 5.97 Å². The zero-order valence-corrected chi connectivity index (χ0v) is 8.75. The highest BCUT2D eigenvalue weighted by Gasteiger charge is 2.16. The van der Waals surface area contributed by atoms with Crippen LogP contribution in [-0.4, -0.2) is 17.5 Å². The molecule has 0 fully saturated rings. The third-order valence-corrected chi connectivity index (χ3v) is 1.81. The van der Waals surface area contributed by atoms with E-state index in [-0.39, 0.29) is 12.2 Å². The molecule has 0 heterocycles. The van der Waals surface area contributed by atoms with E-state index < -0.39 is 10.9 Å². The van der Waals surface area contributed by atoms with Crippen molar-refractivity contribution in [2.24, 2.45) is 0 Å². The smallest absolute Gasteiger partial charge is 0.345 e. The Hall–Kier alpha value is -2.17. The van der Waals surface area contributed by atoms with Gasteiger partial charge in [-0.2, -0.15) is 0 Å². The highest BCUT2D eigenvalue weighted by Crippen LogP contribution is 2.15. The molecule has 0 amide bonds. The molecule has 84 valence electrons. The van der Waals surface area contributed by atoms with Crippen LogP contribution in [0.15, 0.2) is 36.5 Å². The molecule has 0 spiro atoms. The van der Waals surface area contributed by atoms with Crippen molar-refractivity contribution >= 4 is 11.5 Å². The predicted octanol–water partition coefficient (Wildman–Crippen LogP) is 1.87. The molecule has 0 aliphatic rings. The predicted molar refractivity (Wildman–Crippen MR) is 58.0 cm³/mol. The van der Waals surface area contributed by atoms with Crippen LogP contribution in [0.5, 0.6) is 0 Å². The number of carbonyl (C=O) groups is 1. The Morgan fingerprint density at radius 2 is 2.06 bits per heavy atom. The minimum atomic E-state index is -0.689. The summed E-state index contributed by atoms with van der Waals surface area (Å²) in [7, 11) is 0. The molecule has 1 aromatic carbocycles. The van der Waals surface area contributed by atoms with Crippen molar-refractivity contribution in [2.45, 2.75) is 6.92 Å². The fourth-order valence-corrected chi connectivity index (χ4v) is 1.18. The molecule has 0 unspecified atom stereocenters. The van der Waals surface area contributed by atoms with Crippen LogP contribution in [0.1, 0.15) is 12.5 Å². The SMILES string of the molecule is CCOC(=O)/C(=C\[N+](=O)[O-])c1ccccc1. The van der Waals surface area contributed by atoms with Gasteiger partial charge in [-0.1, -0.05) is 30.3 Å². The zero-order chi connectivity index (χ0) is 12.0. The Morgan fingerprint density at radius 1 is 1.44 bits per heavy atom. The van der Waals surface area contributed by atoms with Crippen LogP contribution >= 0.6 is 0 Å². The number of ether oxygens (including phenoxy) is 1. The zero-order valence-electron chi connectivity index (χ0n) is 8.75. The molecule has 1 rings (SSSR count). The summed E-state index contributed by atoms with van der Waals surface area (Å²) in [6.45, 7) is 1.83. The number of esters is 1. The molecule has 0 aromatic heterocycles. The van der Waals surface area contributed by atoms with Gasteiger partial charge in [0.1, 0.15) is 5.57 Å². The number of nitrogens with zero attached hydrogens (tertiary/aromatic N) is 1.